The van der Waals surface area contributed by atoms with Crippen LogP contribution in [0.4, 0.5) is 11.4 Å². The van der Waals surface area contributed by atoms with E-state index in [9.17, 15) is 9.59 Å². The van der Waals surface area contributed by atoms with Gasteiger partial charge in [0.15, 0.2) is 11.5 Å². The predicted molar refractivity (Wildman–Crippen MR) is 131 cm³/mol. The third-order valence-electron chi connectivity index (χ3n) is 4.93. The fourth-order valence-electron chi connectivity index (χ4n) is 3.33. The zero-order valence-corrected chi connectivity index (χ0v) is 19.4. The lowest BCUT2D eigenvalue weighted by atomic mass is 10.2. The minimum absolute atomic E-state index is 0.0123. The third kappa shape index (κ3) is 6.13. The molecule has 0 aliphatic rings. The van der Waals surface area contributed by atoms with Crippen LogP contribution >= 0.6 is 0 Å². The highest BCUT2D eigenvalue weighted by molar-refractivity contribution is 6.01. The lowest BCUT2D eigenvalue weighted by Gasteiger charge is -2.23. The van der Waals surface area contributed by atoms with Crippen LogP contribution in [0.25, 0.3) is 0 Å². The Hall–Kier alpha value is -4.33. The maximum atomic E-state index is 13.0. The minimum Gasteiger partial charge on any atom is -0.493 e. The lowest BCUT2D eigenvalue weighted by Crippen LogP contribution is -2.27. The second kappa shape index (κ2) is 12.1. The molecule has 0 unspecified atom stereocenters. The smallest absolute Gasteiger partial charge is 0.240 e. The van der Waals surface area contributed by atoms with Gasteiger partial charge >= 0.3 is 0 Å². The van der Waals surface area contributed by atoms with E-state index in [2.05, 4.69) is 10.5 Å². The number of hydrogen-bond acceptors (Lipinski definition) is 6. The maximum absolute atomic E-state index is 13.0. The first-order valence-electron chi connectivity index (χ1n) is 10.6. The third-order valence-corrected chi connectivity index (χ3v) is 4.93. The molecule has 0 heterocycles. The van der Waals surface area contributed by atoms with Gasteiger partial charge in [0.1, 0.15) is 0 Å². The van der Waals surface area contributed by atoms with E-state index >= 15 is 0 Å². The molecule has 8 heteroatoms. The number of carbonyl (C=O) groups excluding carboxylic acids is 2. The second-order valence-electron chi connectivity index (χ2n) is 7.15. The van der Waals surface area contributed by atoms with Crippen molar-refractivity contribution >= 4 is 29.4 Å². The van der Waals surface area contributed by atoms with E-state index in [1.165, 1.54) is 27.5 Å². The van der Waals surface area contributed by atoms with Crippen LogP contribution in [0, 0.1) is 0 Å². The Balaban J connectivity index is 1.63. The van der Waals surface area contributed by atoms with E-state index in [1.807, 2.05) is 60.7 Å². The van der Waals surface area contributed by atoms with Crippen LogP contribution in [0.2, 0.25) is 0 Å². The summed E-state index contributed by atoms with van der Waals surface area (Å²) < 4.78 is 15.9. The van der Waals surface area contributed by atoms with Crippen LogP contribution < -0.4 is 24.5 Å². The van der Waals surface area contributed by atoms with E-state index < -0.39 is 0 Å². The van der Waals surface area contributed by atoms with Crippen molar-refractivity contribution in [3.05, 3.63) is 78.4 Å². The highest BCUT2D eigenvalue weighted by Gasteiger charge is 2.18. The molecule has 0 aliphatic carbocycles. The van der Waals surface area contributed by atoms with Gasteiger partial charge in [-0.15, -0.1) is 0 Å². The molecule has 0 saturated heterocycles. The monoisotopic (exact) mass is 461 g/mol. The number of carbonyl (C=O) groups is 2. The first kappa shape index (κ1) is 24.3. The highest BCUT2D eigenvalue weighted by atomic mass is 16.5. The molecule has 0 spiro atoms. The maximum Gasteiger partial charge on any atom is 0.240 e. The average molecular weight is 462 g/mol. The van der Waals surface area contributed by atoms with Gasteiger partial charge in [-0.1, -0.05) is 36.4 Å². The number of ether oxygens (including phenoxy) is 3. The van der Waals surface area contributed by atoms with Gasteiger partial charge in [-0.05, 0) is 36.4 Å². The van der Waals surface area contributed by atoms with E-state index in [1.54, 1.807) is 17.0 Å². The molecule has 1 N–H and O–H groups in total. The SMILES string of the molecule is COc1cc(/C=N/NC(=O)CCC(=O)N(c2ccccc2)c2ccccc2)cc(OC)c1OC. The molecule has 0 aliphatic heterocycles. The van der Waals surface area contributed by atoms with Crippen LogP contribution in [-0.2, 0) is 9.59 Å². The summed E-state index contributed by atoms with van der Waals surface area (Å²) in [6.07, 6.45) is 1.47. The number of amides is 2. The first-order valence-corrected chi connectivity index (χ1v) is 10.6. The van der Waals surface area contributed by atoms with Gasteiger partial charge in [-0.25, -0.2) is 5.43 Å². The molecule has 0 fully saturated rings. The van der Waals surface area contributed by atoms with Crippen LogP contribution in [-0.4, -0.2) is 39.4 Å². The highest BCUT2D eigenvalue weighted by Crippen LogP contribution is 2.37. The molecule has 34 heavy (non-hydrogen) atoms. The van der Waals surface area contributed by atoms with Gasteiger partial charge < -0.3 is 14.2 Å². The average Bonchev–Trinajstić information content (AvgIpc) is 2.88. The molecule has 176 valence electrons. The second-order valence-corrected chi connectivity index (χ2v) is 7.15. The zero-order valence-electron chi connectivity index (χ0n) is 19.4. The van der Waals surface area contributed by atoms with E-state index in [0.29, 0.717) is 22.8 Å². The number of benzene rings is 3. The van der Waals surface area contributed by atoms with Crippen LogP contribution in [0.1, 0.15) is 18.4 Å². The van der Waals surface area contributed by atoms with Crippen molar-refractivity contribution in [2.24, 2.45) is 5.10 Å². The summed E-state index contributed by atoms with van der Waals surface area (Å²) in [5.41, 5.74) is 4.57. The summed E-state index contributed by atoms with van der Waals surface area (Å²) in [5, 5.41) is 3.99. The normalized spacial score (nSPS) is 10.6. The molecular formula is C26H27N3O5. The van der Waals surface area contributed by atoms with Gasteiger partial charge in [-0.3, -0.25) is 14.5 Å². The van der Waals surface area contributed by atoms with Crippen molar-refractivity contribution in [3.8, 4) is 17.2 Å². The van der Waals surface area contributed by atoms with Crippen molar-refractivity contribution in [1.82, 2.24) is 5.43 Å². The Kier molecular flexibility index (Phi) is 8.62. The molecule has 8 nitrogen and oxygen atoms in total. The van der Waals surface area contributed by atoms with Crippen LogP contribution in [0.15, 0.2) is 77.9 Å². The Labute approximate surface area is 198 Å². The Morgan fingerprint density at radius 2 is 1.35 bits per heavy atom. The summed E-state index contributed by atoms with van der Waals surface area (Å²) in [7, 11) is 4.56. The molecule has 2 amide bonds. The summed E-state index contributed by atoms with van der Waals surface area (Å²) in [6.45, 7) is 0. The molecule has 3 aromatic carbocycles. The fraction of sp³-hybridized carbons (Fsp3) is 0.192. The molecule has 3 aromatic rings. The van der Waals surface area contributed by atoms with E-state index in [-0.39, 0.29) is 24.7 Å². The van der Waals surface area contributed by atoms with Gasteiger partial charge in [0.2, 0.25) is 17.6 Å². The Morgan fingerprint density at radius 3 is 1.82 bits per heavy atom. The van der Waals surface area contributed by atoms with Gasteiger partial charge in [0.25, 0.3) is 0 Å². The van der Waals surface area contributed by atoms with Crippen LogP contribution in [0.3, 0.4) is 0 Å². The number of anilines is 2. The number of hydrazone groups is 1. The quantitative estimate of drug-likeness (QED) is 0.359. The topological polar surface area (TPSA) is 89.5 Å². The molecule has 0 radical (unpaired) electrons. The first-order chi connectivity index (χ1) is 16.6. The fourth-order valence-corrected chi connectivity index (χ4v) is 3.33. The van der Waals surface area contributed by atoms with Crippen molar-refractivity contribution in [2.75, 3.05) is 26.2 Å². The van der Waals surface area contributed by atoms with Gasteiger partial charge in [0, 0.05) is 29.8 Å². The van der Waals surface area contributed by atoms with E-state index in [0.717, 1.165) is 11.4 Å². The predicted octanol–water partition coefficient (Wildman–Crippen LogP) is 4.31. The number of para-hydroxylation sites is 2. The summed E-state index contributed by atoms with van der Waals surface area (Å²) >= 11 is 0. The van der Waals surface area contributed by atoms with Gasteiger partial charge in [0.05, 0.1) is 27.5 Å². The number of hydrogen-bond donors (Lipinski definition) is 1. The molecule has 0 bridgehead atoms. The number of nitrogens with zero attached hydrogens (tertiary/aromatic N) is 2. The molecular weight excluding hydrogens is 434 g/mol. The van der Waals surface area contributed by atoms with Gasteiger partial charge in [-0.2, -0.15) is 5.10 Å². The van der Waals surface area contributed by atoms with Crippen molar-refractivity contribution in [1.29, 1.82) is 0 Å². The zero-order chi connectivity index (χ0) is 24.3. The van der Waals surface area contributed by atoms with Crippen LogP contribution in [0.5, 0.6) is 17.2 Å². The number of methoxy groups -OCH3 is 3. The Bertz CT molecular complexity index is 1070. The minimum atomic E-state index is -0.377. The lowest BCUT2D eigenvalue weighted by molar-refractivity contribution is -0.124. The number of rotatable bonds is 10. The Morgan fingerprint density at radius 1 is 0.824 bits per heavy atom. The molecule has 0 atom stereocenters. The summed E-state index contributed by atoms with van der Waals surface area (Å²) in [4.78, 5) is 26.9. The number of nitrogens with one attached hydrogen (secondary N) is 1. The largest absolute Gasteiger partial charge is 0.493 e. The summed E-state index contributed by atoms with van der Waals surface area (Å²) in [6, 6.07) is 22.1. The van der Waals surface area contributed by atoms with Crippen molar-refractivity contribution in [3.63, 3.8) is 0 Å². The van der Waals surface area contributed by atoms with E-state index in [4.69, 9.17) is 14.2 Å². The molecule has 0 aromatic heterocycles. The standard InChI is InChI=1S/C26H27N3O5/c1-32-22-16-19(17-23(33-2)26(22)34-3)18-27-28-24(30)14-15-25(31)29(20-10-6-4-7-11-20)21-12-8-5-9-13-21/h4-13,16-18H,14-15H2,1-3H3,(H,28,30)/b27-18+. The molecule has 0 saturated carbocycles. The molecule has 3 rings (SSSR count). The van der Waals surface area contributed by atoms with Crippen molar-refractivity contribution in [2.45, 2.75) is 12.8 Å². The van der Waals surface area contributed by atoms with Crippen molar-refractivity contribution < 1.29 is 23.8 Å². The summed E-state index contributed by atoms with van der Waals surface area (Å²) in [5.74, 6) is 0.842.